The number of hydroxylamine groups is 1. The molecule has 13 heteroatoms. The van der Waals surface area contributed by atoms with E-state index >= 15 is 0 Å². The number of benzene rings is 2. The minimum absolute atomic E-state index is 0.0356. The van der Waals surface area contributed by atoms with Gasteiger partial charge in [-0.05, 0) is 48.7 Å². The molecule has 212 valence electrons. The third-order valence-corrected chi connectivity index (χ3v) is 8.76. The number of ether oxygens (including phenoxy) is 2. The minimum atomic E-state index is -3.77. The van der Waals surface area contributed by atoms with Crippen LogP contribution in [0.25, 0.3) is 22.0 Å². The summed E-state index contributed by atoms with van der Waals surface area (Å²) < 4.78 is 35.5. The Bertz CT molecular complexity index is 1350. The van der Waals surface area contributed by atoms with Crippen molar-refractivity contribution < 1.29 is 37.8 Å². The molecule has 0 saturated carbocycles. The van der Waals surface area contributed by atoms with Gasteiger partial charge < -0.3 is 14.6 Å². The van der Waals surface area contributed by atoms with Gasteiger partial charge in [0.05, 0.1) is 18.7 Å². The van der Waals surface area contributed by atoms with Gasteiger partial charge >= 0.3 is 0 Å². The quantitative estimate of drug-likeness (QED) is 0.189. The van der Waals surface area contributed by atoms with E-state index in [1.807, 2.05) is 48.7 Å². The first-order valence-corrected chi connectivity index (χ1v) is 14.2. The summed E-state index contributed by atoms with van der Waals surface area (Å²) in [6.45, 7) is 6.18. The van der Waals surface area contributed by atoms with Crippen LogP contribution in [-0.4, -0.2) is 96.2 Å². The van der Waals surface area contributed by atoms with E-state index < -0.39 is 20.5 Å². The Labute approximate surface area is 227 Å². The number of carbonyl (C=O) groups excluding carboxylic acids is 1. The second-order valence-corrected chi connectivity index (χ2v) is 11.7. The van der Waals surface area contributed by atoms with Crippen molar-refractivity contribution in [2.75, 3.05) is 45.7 Å². The number of carbonyl (C=O) groups is 2. The number of aromatic nitrogens is 2. The van der Waals surface area contributed by atoms with Crippen molar-refractivity contribution in [2.45, 2.75) is 24.6 Å². The molecule has 2 heterocycles. The van der Waals surface area contributed by atoms with Gasteiger partial charge in [0.2, 0.25) is 0 Å². The van der Waals surface area contributed by atoms with Crippen molar-refractivity contribution in [3.05, 3.63) is 48.7 Å². The van der Waals surface area contributed by atoms with Gasteiger partial charge in [-0.25, -0.2) is 13.9 Å². The van der Waals surface area contributed by atoms with Crippen LogP contribution in [0.5, 0.6) is 5.75 Å². The number of sulfone groups is 1. The zero-order chi connectivity index (χ0) is 28.5. The molecule has 3 N–H and O–H groups in total. The lowest BCUT2D eigenvalue weighted by atomic mass is 10.0. The van der Waals surface area contributed by atoms with Gasteiger partial charge in [0.25, 0.3) is 12.4 Å². The van der Waals surface area contributed by atoms with Crippen molar-refractivity contribution in [2.24, 2.45) is 0 Å². The first kappa shape index (κ1) is 30.0. The average Bonchev–Trinajstić information content (AvgIpc) is 3.34. The van der Waals surface area contributed by atoms with Crippen molar-refractivity contribution in [1.82, 2.24) is 20.2 Å². The van der Waals surface area contributed by atoms with Crippen LogP contribution in [-0.2, 0) is 30.7 Å². The first-order valence-electron chi connectivity index (χ1n) is 12.3. The highest BCUT2D eigenvalue weighted by molar-refractivity contribution is 7.92. The van der Waals surface area contributed by atoms with Gasteiger partial charge in [-0.3, -0.25) is 24.4 Å². The molecule has 1 aliphatic rings. The standard InChI is InChI=1S/C25H32N4O6S.CH2O2/c1-25(24(30)27-31,36(2,32)33)9-10-29-18-21-17-20(5-8-23(21)26-29)19-3-6-22(7-4-19)35-16-13-28-11-14-34-15-12-28;2-1-3/h3-8,17-18,31H,9-16H2,1-2H3,(H,27,30);1H,(H,2,3). The van der Waals surface area contributed by atoms with Crippen LogP contribution in [0.15, 0.2) is 48.7 Å². The number of fused-ring (bicyclic) bond motifs is 1. The SMILES string of the molecule is CC(CCn1cc2cc(-c3ccc(OCCN4CCOCC4)cc3)ccc2n1)(C(=O)NO)S(C)(=O)=O.O=CO. The third-order valence-electron chi connectivity index (χ3n) is 6.74. The number of carboxylic acid groups (broad SMARTS) is 1. The van der Waals surface area contributed by atoms with Crippen molar-refractivity contribution in [3.63, 3.8) is 0 Å². The lowest BCUT2D eigenvalue weighted by Crippen LogP contribution is -2.49. The van der Waals surface area contributed by atoms with Crippen LogP contribution in [0.3, 0.4) is 0 Å². The highest BCUT2D eigenvalue weighted by atomic mass is 32.2. The molecule has 3 aromatic rings. The normalized spacial score (nSPS) is 15.6. The Balaban J connectivity index is 0.00000134. The molecule has 39 heavy (non-hydrogen) atoms. The van der Waals surface area contributed by atoms with E-state index in [0.717, 1.165) is 66.9 Å². The zero-order valence-corrected chi connectivity index (χ0v) is 22.8. The van der Waals surface area contributed by atoms with Gasteiger partial charge in [0, 0.05) is 44.0 Å². The largest absolute Gasteiger partial charge is 0.492 e. The zero-order valence-electron chi connectivity index (χ0n) is 21.9. The van der Waals surface area contributed by atoms with E-state index in [-0.39, 0.29) is 19.4 Å². The molecule has 1 amide bonds. The second kappa shape index (κ2) is 13.5. The summed E-state index contributed by atoms with van der Waals surface area (Å²) in [5, 5.41) is 21.3. The topological polar surface area (TPSA) is 160 Å². The molecule has 1 atom stereocenters. The van der Waals surface area contributed by atoms with Crippen LogP contribution in [0.2, 0.25) is 0 Å². The maximum Gasteiger partial charge on any atom is 0.290 e. The molecule has 1 saturated heterocycles. The summed E-state index contributed by atoms with van der Waals surface area (Å²) in [4.78, 5) is 22.7. The Morgan fingerprint density at radius 1 is 1.15 bits per heavy atom. The van der Waals surface area contributed by atoms with Gasteiger partial charge in [-0.1, -0.05) is 18.2 Å². The fourth-order valence-electron chi connectivity index (χ4n) is 4.15. The monoisotopic (exact) mass is 562 g/mol. The van der Waals surface area contributed by atoms with Gasteiger partial charge in [0.15, 0.2) is 14.6 Å². The van der Waals surface area contributed by atoms with Crippen LogP contribution in [0.1, 0.15) is 13.3 Å². The van der Waals surface area contributed by atoms with Crippen molar-refractivity contribution in [1.29, 1.82) is 0 Å². The van der Waals surface area contributed by atoms with E-state index in [9.17, 15) is 13.2 Å². The highest BCUT2D eigenvalue weighted by Gasteiger charge is 2.43. The molecule has 0 radical (unpaired) electrons. The Hall–Kier alpha value is -3.52. The van der Waals surface area contributed by atoms with Crippen LogP contribution in [0, 0.1) is 0 Å². The van der Waals surface area contributed by atoms with E-state index in [4.69, 9.17) is 24.6 Å². The third kappa shape index (κ3) is 7.76. The molecule has 4 rings (SSSR count). The number of hydrogen-bond acceptors (Lipinski definition) is 9. The van der Waals surface area contributed by atoms with E-state index in [1.165, 1.54) is 12.4 Å². The molecular weight excluding hydrogens is 528 g/mol. The van der Waals surface area contributed by atoms with Crippen LogP contribution < -0.4 is 10.2 Å². The predicted molar refractivity (Wildman–Crippen MR) is 144 cm³/mol. The Kier molecular flexibility index (Phi) is 10.4. The molecule has 1 aliphatic heterocycles. The van der Waals surface area contributed by atoms with Crippen molar-refractivity contribution in [3.8, 4) is 16.9 Å². The first-order chi connectivity index (χ1) is 18.6. The summed E-state index contributed by atoms with van der Waals surface area (Å²) in [6.07, 6.45) is 2.77. The van der Waals surface area contributed by atoms with Crippen LogP contribution in [0.4, 0.5) is 0 Å². The lowest BCUT2D eigenvalue weighted by Gasteiger charge is -2.26. The maximum absolute atomic E-state index is 12.2. The number of aryl methyl sites for hydroxylation is 1. The molecular formula is C26H34N4O8S. The molecule has 1 aromatic heterocycles. The summed E-state index contributed by atoms with van der Waals surface area (Å²) in [6, 6.07) is 13.9. The average molecular weight is 563 g/mol. The van der Waals surface area contributed by atoms with Gasteiger partial charge in [0.1, 0.15) is 12.4 Å². The van der Waals surface area contributed by atoms with Gasteiger partial charge in [-0.2, -0.15) is 5.10 Å². The fraction of sp³-hybridized carbons (Fsp3) is 0.423. The molecule has 12 nitrogen and oxygen atoms in total. The molecule has 0 bridgehead atoms. The number of nitrogens with one attached hydrogen (secondary N) is 1. The number of rotatable bonds is 10. The number of nitrogens with zero attached hydrogens (tertiary/aromatic N) is 3. The summed E-state index contributed by atoms with van der Waals surface area (Å²) in [5.74, 6) is -0.140. The lowest BCUT2D eigenvalue weighted by molar-refractivity contribution is -0.131. The Morgan fingerprint density at radius 3 is 2.41 bits per heavy atom. The van der Waals surface area contributed by atoms with E-state index in [2.05, 4.69) is 10.00 Å². The number of hydrogen-bond donors (Lipinski definition) is 3. The van der Waals surface area contributed by atoms with Gasteiger partial charge in [-0.15, -0.1) is 0 Å². The minimum Gasteiger partial charge on any atom is -0.492 e. The summed E-state index contributed by atoms with van der Waals surface area (Å²) >= 11 is 0. The fourth-order valence-corrected chi connectivity index (χ4v) is 4.99. The van der Waals surface area contributed by atoms with Crippen molar-refractivity contribution >= 4 is 33.1 Å². The van der Waals surface area contributed by atoms with E-state index in [1.54, 1.807) is 4.68 Å². The molecule has 0 aliphatic carbocycles. The number of morpholine rings is 1. The summed E-state index contributed by atoms with van der Waals surface area (Å²) in [7, 11) is -3.77. The predicted octanol–water partition coefficient (Wildman–Crippen LogP) is 1.81. The summed E-state index contributed by atoms with van der Waals surface area (Å²) in [5.41, 5.74) is 4.28. The smallest absolute Gasteiger partial charge is 0.290 e. The highest BCUT2D eigenvalue weighted by Crippen LogP contribution is 2.27. The van der Waals surface area contributed by atoms with Crippen LogP contribution >= 0.6 is 0 Å². The molecule has 0 spiro atoms. The Morgan fingerprint density at radius 2 is 1.79 bits per heavy atom. The molecule has 1 fully saturated rings. The van der Waals surface area contributed by atoms with E-state index in [0.29, 0.717) is 6.61 Å². The number of amides is 1. The maximum atomic E-state index is 12.2. The molecule has 2 aromatic carbocycles. The second-order valence-electron chi connectivity index (χ2n) is 9.29. The molecule has 1 unspecified atom stereocenters.